The van der Waals surface area contributed by atoms with Crippen LogP contribution in [0, 0.1) is 6.92 Å². The predicted molar refractivity (Wildman–Crippen MR) is 92.8 cm³/mol. The molecule has 5 heteroatoms. The number of nitrogens with one attached hydrogen (secondary N) is 1. The summed E-state index contributed by atoms with van der Waals surface area (Å²) < 4.78 is 0. The van der Waals surface area contributed by atoms with Gasteiger partial charge in [-0.15, -0.1) is 11.3 Å². The van der Waals surface area contributed by atoms with Crippen LogP contribution >= 0.6 is 11.3 Å². The molecule has 0 atom stereocenters. The molecule has 0 aliphatic rings. The summed E-state index contributed by atoms with van der Waals surface area (Å²) in [5, 5.41) is 4.36. The van der Waals surface area contributed by atoms with Crippen molar-refractivity contribution in [2.75, 3.05) is 0 Å². The summed E-state index contributed by atoms with van der Waals surface area (Å²) in [5.74, 6) is -0.241. The van der Waals surface area contributed by atoms with Gasteiger partial charge >= 0.3 is 0 Å². The third-order valence-electron chi connectivity index (χ3n) is 3.32. The fraction of sp³-hybridized carbons (Fsp3) is 0.0556. The van der Waals surface area contributed by atoms with Crippen molar-refractivity contribution in [3.63, 3.8) is 0 Å². The summed E-state index contributed by atoms with van der Waals surface area (Å²) in [6.45, 7) is 1.81. The van der Waals surface area contributed by atoms with Crippen molar-refractivity contribution in [1.82, 2.24) is 10.4 Å². The lowest BCUT2D eigenvalue weighted by Gasteiger charge is -2.07. The van der Waals surface area contributed by atoms with Gasteiger partial charge in [-0.3, -0.25) is 4.79 Å². The Morgan fingerprint density at radius 1 is 1.00 bits per heavy atom. The molecule has 114 valence electrons. The SMILES string of the molecule is Cc1ncsc1C(=O)NN=C(c1ccccc1)c1ccccc1. The zero-order chi connectivity index (χ0) is 16.1. The Bertz CT molecular complexity index is 784. The van der Waals surface area contributed by atoms with Crippen molar-refractivity contribution >= 4 is 23.0 Å². The summed E-state index contributed by atoms with van der Waals surface area (Å²) in [5.41, 5.74) is 7.62. The molecule has 3 rings (SSSR count). The molecule has 4 nitrogen and oxygen atoms in total. The van der Waals surface area contributed by atoms with E-state index in [1.807, 2.05) is 67.6 Å². The van der Waals surface area contributed by atoms with Gasteiger partial charge in [-0.1, -0.05) is 60.7 Å². The summed E-state index contributed by atoms with van der Waals surface area (Å²) in [6, 6.07) is 19.6. The Morgan fingerprint density at radius 3 is 2.04 bits per heavy atom. The van der Waals surface area contributed by atoms with Crippen molar-refractivity contribution in [3.05, 3.63) is 87.9 Å². The first kappa shape index (κ1) is 15.1. The van der Waals surface area contributed by atoms with Gasteiger partial charge in [0.05, 0.1) is 16.9 Å². The van der Waals surface area contributed by atoms with E-state index in [-0.39, 0.29) is 5.91 Å². The Balaban J connectivity index is 1.93. The van der Waals surface area contributed by atoms with Crippen molar-refractivity contribution < 1.29 is 4.79 Å². The van der Waals surface area contributed by atoms with E-state index in [9.17, 15) is 4.79 Å². The largest absolute Gasteiger partial charge is 0.283 e. The van der Waals surface area contributed by atoms with E-state index in [0.717, 1.165) is 16.8 Å². The Labute approximate surface area is 138 Å². The lowest BCUT2D eigenvalue weighted by Crippen LogP contribution is -2.20. The van der Waals surface area contributed by atoms with Crippen LogP contribution in [0.25, 0.3) is 0 Å². The smallest absolute Gasteiger partial charge is 0.266 e. The van der Waals surface area contributed by atoms with E-state index in [0.29, 0.717) is 10.6 Å². The number of thiazole rings is 1. The number of carbonyl (C=O) groups excluding carboxylic acids is 1. The molecule has 0 unspecified atom stereocenters. The van der Waals surface area contributed by atoms with Gasteiger partial charge in [0.15, 0.2) is 0 Å². The highest BCUT2D eigenvalue weighted by molar-refractivity contribution is 7.11. The molecular weight excluding hydrogens is 306 g/mol. The second-order valence-corrected chi connectivity index (χ2v) is 5.76. The maximum atomic E-state index is 12.2. The van der Waals surface area contributed by atoms with Gasteiger partial charge in [-0.2, -0.15) is 5.10 Å². The third kappa shape index (κ3) is 3.52. The van der Waals surface area contributed by atoms with Gasteiger partial charge in [0.25, 0.3) is 5.91 Å². The van der Waals surface area contributed by atoms with Crippen molar-refractivity contribution in [1.29, 1.82) is 0 Å². The minimum atomic E-state index is -0.241. The van der Waals surface area contributed by atoms with E-state index in [4.69, 9.17) is 0 Å². The minimum absolute atomic E-state index is 0.241. The summed E-state index contributed by atoms with van der Waals surface area (Å²) in [7, 11) is 0. The highest BCUT2D eigenvalue weighted by atomic mass is 32.1. The molecule has 1 aromatic heterocycles. The molecule has 0 aliphatic carbocycles. The van der Waals surface area contributed by atoms with Crippen LogP contribution in [0.5, 0.6) is 0 Å². The Kier molecular flexibility index (Phi) is 4.59. The van der Waals surface area contributed by atoms with E-state index in [2.05, 4.69) is 15.5 Å². The van der Waals surface area contributed by atoms with Crippen LogP contribution in [-0.2, 0) is 0 Å². The van der Waals surface area contributed by atoms with Gasteiger partial charge in [0.2, 0.25) is 0 Å². The van der Waals surface area contributed by atoms with Gasteiger partial charge < -0.3 is 0 Å². The number of carbonyl (C=O) groups is 1. The monoisotopic (exact) mass is 321 g/mol. The standard InChI is InChI=1S/C18H15N3OS/c1-13-17(23-12-19-13)18(22)21-20-16(14-8-4-2-5-9-14)15-10-6-3-7-11-15/h2-12H,1H3,(H,21,22). The molecule has 0 radical (unpaired) electrons. The fourth-order valence-corrected chi connectivity index (χ4v) is 2.86. The van der Waals surface area contributed by atoms with Crippen molar-refractivity contribution in [2.45, 2.75) is 6.92 Å². The third-order valence-corrected chi connectivity index (χ3v) is 4.24. The highest BCUT2D eigenvalue weighted by Crippen LogP contribution is 2.13. The first-order chi connectivity index (χ1) is 11.3. The molecule has 0 aliphatic heterocycles. The quantitative estimate of drug-likeness (QED) is 0.589. The topological polar surface area (TPSA) is 54.4 Å². The van der Waals surface area contributed by atoms with E-state index >= 15 is 0 Å². The maximum Gasteiger partial charge on any atom is 0.283 e. The summed E-state index contributed by atoms with van der Waals surface area (Å²) in [4.78, 5) is 16.9. The number of benzene rings is 2. The normalized spacial score (nSPS) is 10.1. The summed E-state index contributed by atoms with van der Waals surface area (Å²) >= 11 is 1.31. The van der Waals surface area contributed by atoms with Gasteiger partial charge in [-0.05, 0) is 6.92 Å². The second kappa shape index (κ2) is 6.98. The van der Waals surface area contributed by atoms with Crippen LogP contribution in [-0.4, -0.2) is 16.6 Å². The number of hydrogen-bond donors (Lipinski definition) is 1. The molecule has 0 bridgehead atoms. The molecule has 3 aromatic rings. The number of amides is 1. The molecule has 1 amide bonds. The first-order valence-electron chi connectivity index (χ1n) is 7.14. The molecule has 0 fully saturated rings. The predicted octanol–water partition coefficient (Wildman–Crippen LogP) is 3.63. The molecule has 1 N–H and O–H groups in total. The van der Waals surface area contributed by atoms with Gasteiger partial charge in [0.1, 0.15) is 4.88 Å². The zero-order valence-electron chi connectivity index (χ0n) is 12.6. The van der Waals surface area contributed by atoms with Crippen LogP contribution in [0.1, 0.15) is 26.5 Å². The Hall–Kier alpha value is -2.79. The molecule has 1 heterocycles. The van der Waals surface area contributed by atoms with Crippen LogP contribution in [0.15, 0.2) is 71.3 Å². The Morgan fingerprint density at radius 2 is 1.57 bits per heavy atom. The molecule has 2 aromatic carbocycles. The number of nitrogens with zero attached hydrogens (tertiary/aromatic N) is 2. The molecule has 0 saturated carbocycles. The molecular formula is C18H15N3OS. The molecule has 0 spiro atoms. The molecule has 0 saturated heterocycles. The van der Waals surface area contributed by atoms with E-state index in [1.165, 1.54) is 11.3 Å². The van der Waals surface area contributed by atoms with E-state index in [1.54, 1.807) is 5.51 Å². The highest BCUT2D eigenvalue weighted by Gasteiger charge is 2.12. The second-order valence-electron chi connectivity index (χ2n) is 4.90. The number of rotatable bonds is 4. The van der Waals surface area contributed by atoms with Gasteiger partial charge in [-0.25, -0.2) is 10.4 Å². The van der Waals surface area contributed by atoms with E-state index < -0.39 is 0 Å². The van der Waals surface area contributed by atoms with Crippen molar-refractivity contribution in [2.24, 2.45) is 5.10 Å². The molecule has 23 heavy (non-hydrogen) atoms. The van der Waals surface area contributed by atoms with Gasteiger partial charge in [0, 0.05) is 11.1 Å². The van der Waals surface area contributed by atoms with Crippen LogP contribution in [0.4, 0.5) is 0 Å². The first-order valence-corrected chi connectivity index (χ1v) is 8.02. The van der Waals surface area contributed by atoms with Crippen LogP contribution in [0.3, 0.4) is 0 Å². The zero-order valence-corrected chi connectivity index (χ0v) is 13.4. The number of aromatic nitrogens is 1. The lowest BCUT2D eigenvalue weighted by molar-refractivity contribution is 0.0958. The van der Waals surface area contributed by atoms with Crippen molar-refractivity contribution in [3.8, 4) is 0 Å². The average molecular weight is 321 g/mol. The average Bonchev–Trinajstić information content (AvgIpc) is 3.03. The maximum absolute atomic E-state index is 12.2. The number of hydrogen-bond acceptors (Lipinski definition) is 4. The lowest BCUT2D eigenvalue weighted by atomic mass is 10.0. The summed E-state index contributed by atoms with van der Waals surface area (Å²) in [6.07, 6.45) is 0. The fourth-order valence-electron chi connectivity index (χ4n) is 2.17. The van der Waals surface area contributed by atoms with Crippen LogP contribution in [0.2, 0.25) is 0 Å². The van der Waals surface area contributed by atoms with Crippen LogP contribution < -0.4 is 5.43 Å². The number of hydrazone groups is 1. The number of aryl methyl sites for hydroxylation is 1. The minimum Gasteiger partial charge on any atom is -0.266 e.